The molecule has 0 aliphatic carbocycles. The van der Waals surface area contributed by atoms with Gasteiger partial charge < -0.3 is 10.1 Å². The molecule has 1 heterocycles. The van der Waals surface area contributed by atoms with Crippen LogP contribution in [0.1, 0.15) is 15.9 Å². The molecule has 132 valence electrons. The number of aromatic nitrogens is 1. The molecule has 0 spiro atoms. The van der Waals surface area contributed by atoms with Gasteiger partial charge in [-0.2, -0.15) is 0 Å². The lowest BCUT2D eigenvalue weighted by Crippen LogP contribution is -2.12. The van der Waals surface area contributed by atoms with E-state index >= 15 is 0 Å². The second-order valence-electron chi connectivity index (χ2n) is 6.14. The number of pyridine rings is 1. The Morgan fingerprint density at radius 3 is 2.59 bits per heavy atom. The molecule has 0 unspecified atom stereocenters. The Morgan fingerprint density at radius 1 is 0.889 bits per heavy atom. The first kappa shape index (κ1) is 16.8. The Hall–Kier alpha value is -3.66. The highest BCUT2D eigenvalue weighted by Crippen LogP contribution is 2.22. The standard InChI is InChI=1S/C23H18N2O2/c26-23(25-21-13-5-9-18-11-6-14-24-22(18)21)19-10-4-12-20(15-19)27-16-17-7-2-1-3-8-17/h1-15H,16H2,(H,25,26). The summed E-state index contributed by atoms with van der Waals surface area (Å²) in [5, 5.41) is 3.93. The summed E-state index contributed by atoms with van der Waals surface area (Å²) in [4.78, 5) is 17.1. The number of benzene rings is 3. The molecule has 4 rings (SSSR count). The van der Waals surface area contributed by atoms with E-state index in [2.05, 4.69) is 10.3 Å². The number of amides is 1. The van der Waals surface area contributed by atoms with Gasteiger partial charge in [-0.15, -0.1) is 0 Å². The van der Waals surface area contributed by atoms with Crippen molar-refractivity contribution in [3.8, 4) is 5.75 Å². The van der Waals surface area contributed by atoms with E-state index in [1.54, 1.807) is 18.3 Å². The molecule has 0 atom stereocenters. The SMILES string of the molecule is O=C(Nc1cccc2cccnc12)c1cccc(OCc2ccccc2)c1. The van der Waals surface area contributed by atoms with Crippen molar-refractivity contribution in [1.82, 2.24) is 4.98 Å². The van der Waals surface area contributed by atoms with Crippen LogP contribution in [0.25, 0.3) is 10.9 Å². The number of carbonyl (C=O) groups excluding carboxylic acids is 1. The van der Waals surface area contributed by atoms with E-state index in [0.717, 1.165) is 16.5 Å². The summed E-state index contributed by atoms with van der Waals surface area (Å²) < 4.78 is 5.81. The number of ether oxygens (including phenoxy) is 1. The van der Waals surface area contributed by atoms with Crippen LogP contribution in [0.5, 0.6) is 5.75 Å². The van der Waals surface area contributed by atoms with Crippen molar-refractivity contribution in [2.45, 2.75) is 6.61 Å². The van der Waals surface area contributed by atoms with Gasteiger partial charge in [-0.1, -0.05) is 54.6 Å². The summed E-state index contributed by atoms with van der Waals surface area (Å²) in [6, 6.07) is 26.7. The number of anilines is 1. The fourth-order valence-corrected chi connectivity index (χ4v) is 2.87. The number of carbonyl (C=O) groups is 1. The summed E-state index contributed by atoms with van der Waals surface area (Å²) in [5.74, 6) is 0.459. The number of nitrogens with zero attached hydrogens (tertiary/aromatic N) is 1. The third-order valence-corrected chi connectivity index (χ3v) is 4.23. The second-order valence-corrected chi connectivity index (χ2v) is 6.14. The van der Waals surface area contributed by atoms with Crippen molar-refractivity contribution >= 4 is 22.5 Å². The molecule has 0 saturated heterocycles. The molecule has 1 amide bonds. The number of para-hydroxylation sites is 1. The highest BCUT2D eigenvalue weighted by atomic mass is 16.5. The van der Waals surface area contributed by atoms with Gasteiger partial charge in [0.25, 0.3) is 5.91 Å². The molecule has 4 nitrogen and oxygen atoms in total. The van der Waals surface area contributed by atoms with Crippen molar-refractivity contribution in [2.24, 2.45) is 0 Å². The largest absolute Gasteiger partial charge is 0.489 e. The van der Waals surface area contributed by atoms with Gasteiger partial charge in [0.05, 0.1) is 11.2 Å². The summed E-state index contributed by atoms with van der Waals surface area (Å²) in [6.45, 7) is 0.457. The zero-order valence-corrected chi connectivity index (χ0v) is 14.6. The third kappa shape index (κ3) is 3.96. The Kier molecular flexibility index (Phi) is 4.79. The average molecular weight is 354 g/mol. The first-order chi connectivity index (χ1) is 13.3. The minimum absolute atomic E-state index is 0.196. The lowest BCUT2D eigenvalue weighted by Gasteiger charge is -2.10. The van der Waals surface area contributed by atoms with Gasteiger partial charge >= 0.3 is 0 Å². The topological polar surface area (TPSA) is 51.2 Å². The van der Waals surface area contributed by atoms with Crippen LogP contribution in [-0.4, -0.2) is 10.9 Å². The predicted molar refractivity (Wildman–Crippen MR) is 107 cm³/mol. The maximum absolute atomic E-state index is 12.7. The molecule has 0 bridgehead atoms. The number of nitrogens with one attached hydrogen (secondary N) is 1. The quantitative estimate of drug-likeness (QED) is 0.545. The van der Waals surface area contributed by atoms with Gasteiger partial charge in [0.15, 0.2) is 0 Å². The number of hydrogen-bond donors (Lipinski definition) is 1. The van der Waals surface area contributed by atoms with E-state index in [1.807, 2.05) is 72.8 Å². The smallest absolute Gasteiger partial charge is 0.255 e. The van der Waals surface area contributed by atoms with Gasteiger partial charge in [-0.05, 0) is 35.9 Å². The monoisotopic (exact) mass is 354 g/mol. The van der Waals surface area contributed by atoms with Crippen LogP contribution < -0.4 is 10.1 Å². The zero-order valence-electron chi connectivity index (χ0n) is 14.6. The van der Waals surface area contributed by atoms with E-state index in [0.29, 0.717) is 23.6 Å². The van der Waals surface area contributed by atoms with E-state index in [4.69, 9.17) is 4.74 Å². The molecule has 1 N–H and O–H groups in total. The van der Waals surface area contributed by atoms with Crippen molar-refractivity contribution < 1.29 is 9.53 Å². The molecule has 4 aromatic rings. The maximum atomic E-state index is 12.7. The summed E-state index contributed by atoms with van der Waals surface area (Å²) in [7, 11) is 0. The van der Waals surface area contributed by atoms with Gasteiger partial charge in [0.1, 0.15) is 12.4 Å². The average Bonchev–Trinajstić information content (AvgIpc) is 2.73. The van der Waals surface area contributed by atoms with Crippen LogP contribution in [0, 0.1) is 0 Å². The predicted octanol–water partition coefficient (Wildman–Crippen LogP) is 5.07. The lowest BCUT2D eigenvalue weighted by molar-refractivity contribution is 0.102. The Labute approximate surface area is 157 Å². The van der Waals surface area contributed by atoms with Gasteiger partial charge in [0.2, 0.25) is 0 Å². The number of rotatable bonds is 5. The third-order valence-electron chi connectivity index (χ3n) is 4.23. The maximum Gasteiger partial charge on any atom is 0.255 e. The number of hydrogen-bond acceptors (Lipinski definition) is 3. The van der Waals surface area contributed by atoms with Gasteiger partial charge in [-0.25, -0.2) is 0 Å². The summed E-state index contributed by atoms with van der Waals surface area (Å²) in [6.07, 6.45) is 1.72. The van der Waals surface area contributed by atoms with E-state index in [-0.39, 0.29) is 5.91 Å². The number of fused-ring (bicyclic) bond motifs is 1. The highest BCUT2D eigenvalue weighted by molar-refractivity contribution is 6.08. The summed E-state index contributed by atoms with van der Waals surface area (Å²) >= 11 is 0. The Balaban J connectivity index is 1.50. The van der Waals surface area contributed by atoms with Crippen LogP contribution in [0.3, 0.4) is 0 Å². The van der Waals surface area contributed by atoms with Crippen LogP contribution in [0.2, 0.25) is 0 Å². The van der Waals surface area contributed by atoms with Crippen molar-refractivity contribution in [3.05, 3.63) is 102 Å². The zero-order chi connectivity index (χ0) is 18.5. The highest BCUT2D eigenvalue weighted by Gasteiger charge is 2.10. The molecule has 0 aliphatic heterocycles. The fourth-order valence-electron chi connectivity index (χ4n) is 2.87. The minimum Gasteiger partial charge on any atom is -0.489 e. The van der Waals surface area contributed by atoms with Crippen molar-refractivity contribution in [1.29, 1.82) is 0 Å². The van der Waals surface area contributed by atoms with Gasteiger partial charge in [0, 0.05) is 17.1 Å². The summed E-state index contributed by atoms with van der Waals surface area (Å²) in [5.41, 5.74) is 3.07. The second kappa shape index (κ2) is 7.70. The molecule has 0 radical (unpaired) electrons. The van der Waals surface area contributed by atoms with E-state index in [1.165, 1.54) is 0 Å². The molecule has 0 aliphatic rings. The molecule has 27 heavy (non-hydrogen) atoms. The molecular formula is C23H18N2O2. The van der Waals surface area contributed by atoms with Crippen LogP contribution in [0.15, 0.2) is 91.1 Å². The molecule has 0 saturated carbocycles. The van der Waals surface area contributed by atoms with Gasteiger partial charge in [-0.3, -0.25) is 9.78 Å². The first-order valence-corrected chi connectivity index (χ1v) is 8.71. The van der Waals surface area contributed by atoms with E-state index < -0.39 is 0 Å². The lowest BCUT2D eigenvalue weighted by atomic mass is 10.1. The van der Waals surface area contributed by atoms with Crippen LogP contribution in [0.4, 0.5) is 5.69 Å². The molecule has 1 aromatic heterocycles. The van der Waals surface area contributed by atoms with Crippen molar-refractivity contribution in [3.63, 3.8) is 0 Å². The minimum atomic E-state index is -0.196. The Bertz CT molecular complexity index is 1070. The normalized spacial score (nSPS) is 10.5. The van der Waals surface area contributed by atoms with Crippen molar-refractivity contribution in [2.75, 3.05) is 5.32 Å². The molecule has 4 heteroatoms. The van der Waals surface area contributed by atoms with Crippen LogP contribution >= 0.6 is 0 Å². The molecule has 3 aromatic carbocycles. The molecule has 0 fully saturated rings. The first-order valence-electron chi connectivity index (χ1n) is 8.71. The molecular weight excluding hydrogens is 336 g/mol. The Morgan fingerprint density at radius 2 is 1.70 bits per heavy atom. The van der Waals surface area contributed by atoms with E-state index in [9.17, 15) is 4.79 Å². The van der Waals surface area contributed by atoms with Crippen LogP contribution in [-0.2, 0) is 6.61 Å². The fraction of sp³-hybridized carbons (Fsp3) is 0.0435.